The molecule has 3 aliphatic heterocycles. The summed E-state index contributed by atoms with van der Waals surface area (Å²) in [5, 5.41) is 19.9. The van der Waals surface area contributed by atoms with Crippen molar-refractivity contribution in [1.29, 1.82) is 0 Å². The van der Waals surface area contributed by atoms with E-state index >= 15 is 0 Å². The third-order valence-corrected chi connectivity index (χ3v) is 7.93. The molecule has 1 fully saturated rings. The van der Waals surface area contributed by atoms with Crippen LogP contribution in [0.15, 0.2) is 47.2 Å². The van der Waals surface area contributed by atoms with Gasteiger partial charge in [-0.15, -0.1) is 0 Å². The number of alkyl carbamates (subject to hydrolysis) is 1. The van der Waals surface area contributed by atoms with Gasteiger partial charge < -0.3 is 39.5 Å². The quantitative estimate of drug-likeness (QED) is 0.334. The first-order valence-corrected chi connectivity index (χ1v) is 14.1. The summed E-state index contributed by atoms with van der Waals surface area (Å²) in [5.41, 5.74) is 0.615. The zero-order valence-corrected chi connectivity index (χ0v) is 25.5. The Morgan fingerprint density at radius 1 is 1.30 bits per heavy atom. The molecule has 3 atom stereocenters. The van der Waals surface area contributed by atoms with Crippen LogP contribution < -0.4 is 15.4 Å². The zero-order valence-electron chi connectivity index (χ0n) is 19.2. The lowest BCUT2D eigenvalue weighted by Gasteiger charge is -2.27. The van der Waals surface area contributed by atoms with Crippen molar-refractivity contribution >= 4 is 81.4 Å². The van der Waals surface area contributed by atoms with Crippen LogP contribution in [-0.2, 0) is 23.8 Å². The van der Waals surface area contributed by atoms with Crippen molar-refractivity contribution in [1.82, 2.24) is 10.6 Å². The fourth-order valence-electron chi connectivity index (χ4n) is 3.71. The van der Waals surface area contributed by atoms with Gasteiger partial charge in [0.2, 0.25) is 0 Å². The SMILES string of the molecule is COC1=C(Br)C[C@]2(OC=C1Br)ON=C(C(=O)NCCCOc1c(Br)cc(C3CNC(=O)O3)cc1Br)[C@@H]2O. The number of hydrogen-bond donors (Lipinski definition) is 3. The van der Waals surface area contributed by atoms with E-state index in [4.69, 9.17) is 23.8 Å². The van der Waals surface area contributed by atoms with Crippen molar-refractivity contribution in [2.75, 3.05) is 26.8 Å². The van der Waals surface area contributed by atoms with E-state index in [9.17, 15) is 14.7 Å². The molecule has 2 amide bonds. The predicted octanol–water partition coefficient (Wildman–Crippen LogP) is 4.23. The largest absolute Gasteiger partial charge is 0.495 e. The second-order valence-corrected chi connectivity index (χ2v) is 11.5. The first-order valence-electron chi connectivity index (χ1n) is 10.9. The van der Waals surface area contributed by atoms with Crippen LogP contribution in [0.1, 0.15) is 24.5 Å². The summed E-state index contributed by atoms with van der Waals surface area (Å²) in [6, 6.07) is 3.66. The second-order valence-electron chi connectivity index (χ2n) is 8.03. The van der Waals surface area contributed by atoms with Gasteiger partial charge in [0.25, 0.3) is 5.91 Å². The number of carbonyl (C=O) groups excluding carboxylic acids is 2. The Kier molecular flexibility index (Phi) is 9.09. The highest BCUT2D eigenvalue weighted by Crippen LogP contribution is 2.41. The Hall–Kier alpha value is -1.81. The minimum Gasteiger partial charge on any atom is -0.495 e. The van der Waals surface area contributed by atoms with Gasteiger partial charge in [-0.05, 0) is 71.9 Å². The van der Waals surface area contributed by atoms with Crippen LogP contribution in [-0.4, -0.2) is 61.5 Å². The first-order chi connectivity index (χ1) is 17.6. The normalized spacial score (nSPS) is 24.9. The Morgan fingerprint density at radius 3 is 2.68 bits per heavy atom. The highest BCUT2D eigenvalue weighted by atomic mass is 79.9. The third kappa shape index (κ3) is 6.10. The molecule has 15 heteroatoms. The minimum atomic E-state index is -1.61. The fraction of sp³-hybridized carbons (Fsp3) is 0.409. The van der Waals surface area contributed by atoms with Crippen LogP contribution in [0.2, 0.25) is 0 Å². The van der Waals surface area contributed by atoms with E-state index in [2.05, 4.69) is 79.5 Å². The van der Waals surface area contributed by atoms with Crippen molar-refractivity contribution < 1.29 is 38.5 Å². The maximum absolute atomic E-state index is 12.7. The van der Waals surface area contributed by atoms with Crippen molar-refractivity contribution in [3.63, 3.8) is 0 Å². The maximum atomic E-state index is 12.7. The number of halogens is 4. The average Bonchev–Trinajstić information content (AvgIpc) is 3.39. The number of hydrogen-bond acceptors (Lipinski definition) is 9. The molecule has 0 radical (unpaired) electrons. The highest BCUT2D eigenvalue weighted by Gasteiger charge is 2.54. The lowest BCUT2D eigenvalue weighted by molar-refractivity contribution is -0.225. The number of allylic oxidation sites excluding steroid dienone is 1. The fourth-order valence-corrected chi connectivity index (χ4v) is 6.69. The standard InChI is InChI=1S/C22H21Br4N3O8/c1-33-17-13(25)7-22(35-9-14(17)26)19(30)16(29-37-22)20(31)27-3-2-4-34-18-11(23)5-10(6-12(18)24)15-8-28-21(32)36-15/h5-6,9,15,19,30H,2-4,7-8H2,1H3,(H,27,31)(H,28,32)/t15?,19-,22-/m0/s1. The number of aliphatic hydroxyl groups is 1. The first kappa shape index (κ1) is 28.2. The van der Waals surface area contributed by atoms with Gasteiger partial charge in [0.15, 0.2) is 11.8 Å². The molecule has 3 heterocycles. The highest BCUT2D eigenvalue weighted by molar-refractivity contribution is 9.12. The summed E-state index contributed by atoms with van der Waals surface area (Å²) in [4.78, 5) is 29.3. The van der Waals surface area contributed by atoms with Gasteiger partial charge in [-0.1, -0.05) is 21.1 Å². The molecule has 11 nitrogen and oxygen atoms in total. The van der Waals surface area contributed by atoms with E-state index in [1.54, 1.807) is 0 Å². The van der Waals surface area contributed by atoms with E-state index in [-0.39, 0.29) is 24.8 Å². The van der Waals surface area contributed by atoms with Gasteiger partial charge in [0.05, 0.1) is 40.1 Å². The lowest BCUT2D eigenvalue weighted by Crippen LogP contribution is -2.49. The van der Waals surface area contributed by atoms with Crippen molar-refractivity contribution in [2.24, 2.45) is 5.16 Å². The minimum absolute atomic E-state index is 0.0549. The van der Waals surface area contributed by atoms with Crippen molar-refractivity contribution in [2.45, 2.75) is 30.8 Å². The number of amides is 2. The predicted molar refractivity (Wildman–Crippen MR) is 145 cm³/mol. The van der Waals surface area contributed by atoms with E-state index in [0.717, 1.165) is 5.56 Å². The van der Waals surface area contributed by atoms with Crippen LogP contribution in [0, 0.1) is 0 Å². The Labute approximate surface area is 245 Å². The van der Waals surface area contributed by atoms with Crippen LogP contribution in [0.3, 0.4) is 0 Å². The maximum Gasteiger partial charge on any atom is 0.407 e. The Bertz CT molecular complexity index is 1170. The van der Waals surface area contributed by atoms with E-state index in [1.807, 2.05) is 12.1 Å². The summed E-state index contributed by atoms with van der Waals surface area (Å²) in [6.45, 7) is 0.955. The summed E-state index contributed by atoms with van der Waals surface area (Å²) >= 11 is 13.7. The summed E-state index contributed by atoms with van der Waals surface area (Å²) in [7, 11) is 1.49. The number of benzene rings is 1. The molecule has 4 rings (SSSR count). The van der Waals surface area contributed by atoms with E-state index in [0.29, 0.717) is 49.0 Å². The van der Waals surface area contributed by atoms with Gasteiger partial charge in [-0.3, -0.25) is 4.79 Å². The molecule has 0 aromatic heterocycles. The number of oxime groups is 1. The number of ether oxygens (including phenoxy) is 4. The second kappa shape index (κ2) is 11.9. The van der Waals surface area contributed by atoms with Crippen LogP contribution >= 0.6 is 63.7 Å². The molecular weight excluding hydrogens is 754 g/mol. The molecule has 1 spiro atoms. The summed E-state index contributed by atoms with van der Waals surface area (Å²) in [6.07, 6.45) is -0.410. The number of cyclic esters (lactones) is 1. The van der Waals surface area contributed by atoms with E-state index in [1.165, 1.54) is 13.4 Å². The molecule has 1 aromatic carbocycles. The molecule has 0 aliphatic carbocycles. The number of rotatable bonds is 8. The molecular formula is C22H21Br4N3O8. The molecule has 1 saturated heterocycles. The molecule has 0 saturated carbocycles. The lowest BCUT2D eigenvalue weighted by atomic mass is 10.0. The van der Waals surface area contributed by atoms with Crippen molar-refractivity contribution in [3.05, 3.63) is 47.6 Å². The molecule has 3 aliphatic rings. The number of nitrogens with one attached hydrogen (secondary N) is 2. The van der Waals surface area contributed by atoms with Gasteiger partial charge in [-0.2, -0.15) is 0 Å². The summed E-state index contributed by atoms with van der Waals surface area (Å²) < 4.78 is 24.5. The molecule has 0 bridgehead atoms. The third-order valence-electron chi connectivity index (χ3n) is 5.56. The monoisotopic (exact) mass is 771 g/mol. The van der Waals surface area contributed by atoms with Crippen LogP contribution in [0.25, 0.3) is 0 Å². The van der Waals surface area contributed by atoms with Gasteiger partial charge >= 0.3 is 11.9 Å². The number of nitrogens with zero attached hydrogens (tertiary/aromatic N) is 1. The summed E-state index contributed by atoms with van der Waals surface area (Å²) in [5.74, 6) is -1.14. The molecule has 200 valence electrons. The Morgan fingerprint density at radius 2 is 2.03 bits per heavy atom. The molecule has 1 aromatic rings. The van der Waals surface area contributed by atoms with Gasteiger partial charge in [0.1, 0.15) is 23.9 Å². The molecule has 37 heavy (non-hydrogen) atoms. The smallest absolute Gasteiger partial charge is 0.407 e. The van der Waals surface area contributed by atoms with Crippen molar-refractivity contribution in [3.8, 4) is 5.75 Å². The number of methoxy groups -OCH3 is 1. The van der Waals surface area contributed by atoms with Crippen LogP contribution in [0.4, 0.5) is 4.79 Å². The average molecular weight is 775 g/mol. The topological polar surface area (TPSA) is 137 Å². The molecule has 3 N–H and O–H groups in total. The number of aliphatic hydroxyl groups excluding tert-OH is 1. The molecule has 1 unspecified atom stereocenters. The van der Waals surface area contributed by atoms with Crippen LogP contribution in [0.5, 0.6) is 5.75 Å². The number of carbonyl (C=O) groups is 2. The van der Waals surface area contributed by atoms with Gasteiger partial charge in [-0.25, -0.2) is 4.79 Å². The Balaban J connectivity index is 1.27. The zero-order chi connectivity index (χ0) is 26.7. The van der Waals surface area contributed by atoms with Gasteiger partial charge in [0, 0.05) is 11.0 Å². The van der Waals surface area contributed by atoms with E-state index < -0.39 is 23.9 Å².